The molecular weight excluding hydrogens is 248 g/mol. The van der Waals surface area contributed by atoms with Crippen LogP contribution in [0.3, 0.4) is 0 Å². The van der Waals surface area contributed by atoms with E-state index in [1.165, 1.54) is 6.92 Å². The molecule has 3 N–H and O–H groups in total. The zero-order chi connectivity index (χ0) is 15.2. The molecule has 2 amide bonds. The number of amides is 2. The van der Waals surface area contributed by atoms with E-state index in [9.17, 15) is 14.7 Å². The van der Waals surface area contributed by atoms with E-state index in [1.807, 2.05) is 6.92 Å². The SMILES string of the molecule is CC(C)CC(C)N(C)C(=O)NCC(C)(O)CC(=O)O. The average Bonchev–Trinajstić information content (AvgIpc) is 2.22. The fraction of sp³-hybridized carbons (Fsp3) is 0.846. The van der Waals surface area contributed by atoms with Gasteiger partial charge in [-0.15, -0.1) is 0 Å². The van der Waals surface area contributed by atoms with Gasteiger partial charge >= 0.3 is 12.0 Å². The maximum atomic E-state index is 11.9. The molecule has 0 saturated heterocycles. The Morgan fingerprint density at radius 1 is 1.32 bits per heavy atom. The highest BCUT2D eigenvalue weighted by molar-refractivity contribution is 5.74. The molecule has 6 heteroatoms. The predicted octanol–water partition coefficient (Wildman–Crippen LogP) is 1.29. The van der Waals surface area contributed by atoms with Crippen molar-refractivity contribution in [3.63, 3.8) is 0 Å². The van der Waals surface area contributed by atoms with Crippen molar-refractivity contribution >= 4 is 12.0 Å². The standard InChI is InChI=1S/C13H26N2O4/c1-9(2)6-10(3)15(5)12(18)14-8-13(4,19)7-11(16)17/h9-10,19H,6-8H2,1-5H3,(H,14,18)(H,16,17). The number of aliphatic carboxylic acids is 1. The lowest BCUT2D eigenvalue weighted by Crippen LogP contribution is -2.48. The number of carboxylic acid groups (broad SMARTS) is 1. The van der Waals surface area contributed by atoms with Gasteiger partial charge in [-0.3, -0.25) is 4.79 Å². The van der Waals surface area contributed by atoms with Crippen LogP contribution in [0, 0.1) is 5.92 Å². The van der Waals surface area contributed by atoms with E-state index >= 15 is 0 Å². The molecule has 0 aromatic carbocycles. The fourth-order valence-corrected chi connectivity index (χ4v) is 1.82. The summed E-state index contributed by atoms with van der Waals surface area (Å²) in [5.74, 6) is -0.610. The number of rotatable bonds is 7. The second-order valence-corrected chi connectivity index (χ2v) is 5.82. The van der Waals surface area contributed by atoms with Gasteiger partial charge in [-0.05, 0) is 26.2 Å². The van der Waals surface area contributed by atoms with Crippen LogP contribution in [-0.4, -0.2) is 52.3 Å². The van der Waals surface area contributed by atoms with Crippen molar-refractivity contribution in [2.24, 2.45) is 5.92 Å². The highest BCUT2D eigenvalue weighted by Crippen LogP contribution is 2.11. The van der Waals surface area contributed by atoms with Gasteiger partial charge in [-0.1, -0.05) is 13.8 Å². The summed E-state index contributed by atoms with van der Waals surface area (Å²) in [6.45, 7) is 7.42. The van der Waals surface area contributed by atoms with Gasteiger partial charge in [0.2, 0.25) is 0 Å². The zero-order valence-electron chi connectivity index (χ0n) is 12.4. The van der Waals surface area contributed by atoms with Crippen LogP contribution in [-0.2, 0) is 4.79 Å². The summed E-state index contributed by atoms with van der Waals surface area (Å²) in [7, 11) is 1.69. The first kappa shape index (κ1) is 17.7. The molecule has 0 spiro atoms. The predicted molar refractivity (Wildman–Crippen MR) is 73.0 cm³/mol. The van der Waals surface area contributed by atoms with E-state index in [2.05, 4.69) is 19.2 Å². The van der Waals surface area contributed by atoms with Gasteiger partial charge in [0.25, 0.3) is 0 Å². The summed E-state index contributed by atoms with van der Waals surface area (Å²) >= 11 is 0. The average molecular weight is 274 g/mol. The number of carboxylic acids is 1. The van der Waals surface area contributed by atoms with E-state index in [0.717, 1.165) is 6.42 Å². The molecule has 0 rings (SSSR count). The molecule has 6 nitrogen and oxygen atoms in total. The molecule has 0 fully saturated rings. The number of nitrogens with one attached hydrogen (secondary N) is 1. The van der Waals surface area contributed by atoms with Gasteiger partial charge in [0.1, 0.15) is 0 Å². The van der Waals surface area contributed by atoms with Crippen LogP contribution >= 0.6 is 0 Å². The Kier molecular flexibility index (Phi) is 6.83. The number of hydrogen-bond acceptors (Lipinski definition) is 3. The maximum absolute atomic E-state index is 11.9. The van der Waals surface area contributed by atoms with Crippen LogP contribution < -0.4 is 5.32 Å². The first-order valence-corrected chi connectivity index (χ1v) is 6.50. The summed E-state index contributed by atoms with van der Waals surface area (Å²) < 4.78 is 0. The lowest BCUT2D eigenvalue weighted by atomic mass is 10.0. The van der Waals surface area contributed by atoms with Crippen LogP contribution in [0.25, 0.3) is 0 Å². The Morgan fingerprint density at radius 2 is 1.84 bits per heavy atom. The zero-order valence-corrected chi connectivity index (χ0v) is 12.4. The van der Waals surface area contributed by atoms with E-state index in [1.54, 1.807) is 11.9 Å². The Bertz CT molecular complexity index is 316. The van der Waals surface area contributed by atoms with Crippen molar-refractivity contribution in [3.05, 3.63) is 0 Å². The molecule has 112 valence electrons. The number of carbonyl (C=O) groups is 2. The third kappa shape index (κ3) is 7.66. The summed E-state index contributed by atoms with van der Waals surface area (Å²) in [6, 6.07) is -0.219. The van der Waals surface area contributed by atoms with Gasteiger partial charge in [0.15, 0.2) is 0 Å². The minimum absolute atomic E-state index is 0.0864. The summed E-state index contributed by atoms with van der Waals surface area (Å²) in [6.07, 6.45) is 0.480. The molecule has 0 saturated carbocycles. The van der Waals surface area contributed by atoms with Crippen LogP contribution in [0.1, 0.15) is 40.5 Å². The summed E-state index contributed by atoms with van der Waals surface area (Å²) in [5.41, 5.74) is -1.44. The molecular formula is C13H26N2O4. The Morgan fingerprint density at radius 3 is 2.26 bits per heavy atom. The van der Waals surface area contributed by atoms with Crippen molar-refractivity contribution in [2.45, 2.75) is 52.2 Å². The Hall–Kier alpha value is -1.30. The van der Waals surface area contributed by atoms with Gasteiger partial charge in [-0.25, -0.2) is 4.79 Å². The van der Waals surface area contributed by atoms with Crippen molar-refractivity contribution in [1.82, 2.24) is 10.2 Å². The Labute approximate surface area is 114 Å². The minimum Gasteiger partial charge on any atom is -0.481 e. The molecule has 0 radical (unpaired) electrons. The molecule has 2 atom stereocenters. The third-order valence-corrected chi connectivity index (χ3v) is 2.95. The highest BCUT2D eigenvalue weighted by atomic mass is 16.4. The van der Waals surface area contributed by atoms with Crippen LogP contribution in [0.2, 0.25) is 0 Å². The topological polar surface area (TPSA) is 89.9 Å². The molecule has 0 aliphatic rings. The normalized spacial score (nSPS) is 15.7. The largest absolute Gasteiger partial charge is 0.481 e. The molecule has 0 aromatic rings. The maximum Gasteiger partial charge on any atom is 0.317 e. The Balaban J connectivity index is 4.26. The van der Waals surface area contributed by atoms with Gasteiger partial charge in [0, 0.05) is 19.6 Å². The van der Waals surface area contributed by atoms with E-state index in [0.29, 0.717) is 5.92 Å². The van der Waals surface area contributed by atoms with E-state index < -0.39 is 18.0 Å². The summed E-state index contributed by atoms with van der Waals surface area (Å²) in [4.78, 5) is 24.0. The van der Waals surface area contributed by atoms with Crippen molar-refractivity contribution in [2.75, 3.05) is 13.6 Å². The third-order valence-electron chi connectivity index (χ3n) is 2.95. The van der Waals surface area contributed by atoms with Crippen molar-refractivity contribution in [1.29, 1.82) is 0 Å². The first-order valence-electron chi connectivity index (χ1n) is 6.50. The fourth-order valence-electron chi connectivity index (χ4n) is 1.82. The minimum atomic E-state index is -1.44. The molecule has 0 aliphatic heterocycles. The van der Waals surface area contributed by atoms with Crippen LogP contribution in [0.15, 0.2) is 0 Å². The summed E-state index contributed by atoms with van der Waals surface area (Å²) in [5, 5.41) is 21.0. The number of nitrogens with zero attached hydrogens (tertiary/aromatic N) is 1. The quantitative estimate of drug-likeness (QED) is 0.652. The molecule has 0 aliphatic carbocycles. The number of hydrogen-bond donors (Lipinski definition) is 3. The second-order valence-electron chi connectivity index (χ2n) is 5.82. The first-order chi connectivity index (χ1) is 8.55. The molecule has 2 unspecified atom stereocenters. The number of carbonyl (C=O) groups excluding carboxylic acids is 1. The van der Waals surface area contributed by atoms with Gasteiger partial charge in [0.05, 0.1) is 12.0 Å². The molecule has 0 heterocycles. The van der Waals surface area contributed by atoms with Crippen LogP contribution in [0.4, 0.5) is 4.79 Å². The van der Waals surface area contributed by atoms with Gasteiger partial charge < -0.3 is 20.4 Å². The number of aliphatic hydroxyl groups is 1. The lowest BCUT2D eigenvalue weighted by Gasteiger charge is -2.28. The van der Waals surface area contributed by atoms with Crippen molar-refractivity contribution in [3.8, 4) is 0 Å². The van der Waals surface area contributed by atoms with E-state index in [4.69, 9.17) is 5.11 Å². The molecule has 19 heavy (non-hydrogen) atoms. The van der Waals surface area contributed by atoms with Crippen LogP contribution in [0.5, 0.6) is 0 Å². The van der Waals surface area contributed by atoms with Gasteiger partial charge in [-0.2, -0.15) is 0 Å². The monoisotopic (exact) mass is 274 g/mol. The van der Waals surface area contributed by atoms with E-state index in [-0.39, 0.29) is 18.6 Å². The highest BCUT2D eigenvalue weighted by Gasteiger charge is 2.26. The smallest absolute Gasteiger partial charge is 0.317 e. The second kappa shape index (κ2) is 7.33. The lowest BCUT2D eigenvalue weighted by molar-refractivity contribution is -0.141. The molecule has 0 bridgehead atoms. The molecule has 0 aromatic heterocycles. The number of urea groups is 1. The van der Waals surface area contributed by atoms with Crippen molar-refractivity contribution < 1.29 is 19.8 Å².